The lowest BCUT2D eigenvalue weighted by Gasteiger charge is -2.45. The zero-order valence-electron chi connectivity index (χ0n) is 19.0. The Morgan fingerprint density at radius 1 is 1.00 bits per heavy atom. The van der Waals surface area contributed by atoms with E-state index in [0.29, 0.717) is 54.5 Å². The Balaban J connectivity index is 1.24. The molecule has 1 aliphatic carbocycles. The van der Waals surface area contributed by atoms with Gasteiger partial charge in [-0.05, 0) is 60.7 Å². The lowest BCUT2D eigenvalue weighted by atomic mass is 9.86. The highest BCUT2D eigenvalue weighted by Gasteiger charge is 2.48. The number of fused-ring (bicyclic) bond motifs is 4. The number of benzene rings is 2. The highest BCUT2D eigenvalue weighted by Crippen LogP contribution is 2.48. The standard InChI is InChI=1S/C27H25F3N2O3/c28-27(29,30)23-12-11-22-26(35-21-4-2-1-3-20(21)32(22)23)13-15-31(16-14-26)25(34)19-9-7-18(8-10-19)24(33)17-5-6-17/h1-4,7-12,17,24,33H,5-6,13-16H2. The number of aliphatic hydroxyl groups is 1. The fourth-order valence-corrected chi connectivity index (χ4v) is 5.38. The second-order valence-electron chi connectivity index (χ2n) is 9.70. The predicted molar refractivity (Wildman–Crippen MR) is 122 cm³/mol. The molecule has 182 valence electrons. The second kappa shape index (κ2) is 7.88. The Bertz CT molecular complexity index is 1270. The molecule has 2 aliphatic heterocycles. The Kier molecular flexibility index (Phi) is 5.00. The van der Waals surface area contributed by atoms with Crippen molar-refractivity contribution >= 4 is 5.91 Å². The molecular weight excluding hydrogens is 457 g/mol. The molecule has 3 heterocycles. The smallest absolute Gasteiger partial charge is 0.431 e. The van der Waals surface area contributed by atoms with E-state index in [4.69, 9.17) is 4.74 Å². The van der Waals surface area contributed by atoms with Crippen LogP contribution >= 0.6 is 0 Å². The van der Waals surface area contributed by atoms with Gasteiger partial charge in [-0.15, -0.1) is 0 Å². The number of carbonyl (C=O) groups is 1. The van der Waals surface area contributed by atoms with E-state index in [1.54, 1.807) is 53.4 Å². The molecule has 35 heavy (non-hydrogen) atoms. The van der Waals surface area contributed by atoms with Crippen LogP contribution < -0.4 is 4.74 Å². The van der Waals surface area contributed by atoms with Gasteiger partial charge in [-0.25, -0.2) is 0 Å². The van der Waals surface area contributed by atoms with Crippen LogP contribution in [0.5, 0.6) is 5.75 Å². The molecule has 5 nitrogen and oxygen atoms in total. The molecule has 1 N–H and O–H groups in total. The minimum atomic E-state index is -4.50. The molecule has 1 saturated heterocycles. The van der Waals surface area contributed by atoms with Gasteiger partial charge < -0.3 is 19.3 Å². The first-order valence-electron chi connectivity index (χ1n) is 11.9. The van der Waals surface area contributed by atoms with Crippen LogP contribution in [-0.2, 0) is 11.8 Å². The molecule has 8 heteroatoms. The van der Waals surface area contributed by atoms with Gasteiger partial charge in [0, 0.05) is 31.5 Å². The molecule has 1 unspecified atom stereocenters. The van der Waals surface area contributed by atoms with Gasteiger partial charge in [0.2, 0.25) is 0 Å². The summed E-state index contributed by atoms with van der Waals surface area (Å²) in [5.41, 5.74) is 0.524. The largest absolute Gasteiger partial charge is 0.479 e. The van der Waals surface area contributed by atoms with Gasteiger partial charge in [0.25, 0.3) is 5.91 Å². The summed E-state index contributed by atoms with van der Waals surface area (Å²) in [6, 6.07) is 16.4. The Labute approximate surface area is 200 Å². The highest BCUT2D eigenvalue weighted by molar-refractivity contribution is 5.94. The molecule has 1 spiro atoms. The number of hydrogen-bond donors (Lipinski definition) is 1. The monoisotopic (exact) mass is 482 g/mol. The summed E-state index contributed by atoms with van der Waals surface area (Å²) in [6.45, 7) is 0.722. The minimum Gasteiger partial charge on any atom is -0.479 e. The quantitative estimate of drug-likeness (QED) is 0.539. The van der Waals surface area contributed by atoms with Gasteiger partial charge in [-0.1, -0.05) is 24.3 Å². The third kappa shape index (κ3) is 3.71. The maximum absolute atomic E-state index is 13.8. The zero-order valence-corrected chi connectivity index (χ0v) is 19.0. The molecular formula is C27H25F3N2O3. The van der Waals surface area contributed by atoms with E-state index in [-0.39, 0.29) is 5.91 Å². The molecule has 1 saturated carbocycles. The van der Waals surface area contributed by atoms with Gasteiger partial charge in [0.15, 0.2) is 5.60 Å². The topological polar surface area (TPSA) is 54.7 Å². The van der Waals surface area contributed by atoms with Crippen LogP contribution in [0.3, 0.4) is 0 Å². The van der Waals surface area contributed by atoms with E-state index in [1.165, 1.54) is 10.6 Å². The van der Waals surface area contributed by atoms with E-state index in [1.807, 2.05) is 0 Å². The van der Waals surface area contributed by atoms with Crippen molar-refractivity contribution in [1.29, 1.82) is 0 Å². The number of aliphatic hydroxyl groups excluding tert-OH is 1. The minimum absolute atomic E-state index is 0.130. The number of ether oxygens (including phenoxy) is 1. The van der Waals surface area contributed by atoms with E-state index >= 15 is 0 Å². The number of halogens is 3. The molecule has 2 aromatic carbocycles. The average Bonchev–Trinajstić information content (AvgIpc) is 3.60. The second-order valence-corrected chi connectivity index (χ2v) is 9.70. The zero-order chi connectivity index (χ0) is 24.4. The van der Waals surface area contributed by atoms with E-state index < -0.39 is 23.6 Å². The molecule has 2 fully saturated rings. The van der Waals surface area contributed by atoms with Crippen LogP contribution in [0, 0.1) is 5.92 Å². The molecule has 0 bridgehead atoms. The Hall–Kier alpha value is -3.26. The van der Waals surface area contributed by atoms with Gasteiger partial charge in [-0.3, -0.25) is 4.79 Å². The maximum Gasteiger partial charge on any atom is 0.431 e. The molecule has 3 aromatic rings. The van der Waals surface area contributed by atoms with Gasteiger partial charge in [-0.2, -0.15) is 13.2 Å². The van der Waals surface area contributed by atoms with Crippen LogP contribution in [0.4, 0.5) is 13.2 Å². The number of nitrogens with zero attached hydrogens (tertiary/aromatic N) is 2. The first-order chi connectivity index (χ1) is 16.8. The van der Waals surface area contributed by atoms with E-state index in [0.717, 1.165) is 24.5 Å². The number of alkyl halides is 3. The summed E-state index contributed by atoms with van der Waals surface area (Å²) in [4.78, 5) is 14.9. The van der Waals surface area contributed by atoms with Crippen LogP contribution in [-0.4, -0.2) is 33.6 Å². The normalized spacial score (nSPS) is 19.6. The number of para-hydroxylation sites is 2. The summed E-state index contributed by atoms with van der Waals surface area (Å²) in [6.07, 6.45) is -2.17. The van der Waals surface area contributed by atoms with Gasteiger partial charge in [0.05, 0.1) is 17.5 Å². The fourth-order valence-electron chi connectivity index (χ4n) is 5.38. The van der Waals surface area contributed by atoms with Crippen molar-refractivity contribution in [2.75, 3.05) is 13.1 Å². The summed E-state index contributed by atoms with van der Waals surface area (Å²) < 4.78 is 49.1. The summed E-state index contributed by atoms with van der Waals surface area (Å²) in [5.74, 6) is 0.591. The maximum atomic E-state index is 13.8. The number of amides is 1. The molecule has 1 aromatic heterocycles. The van der Waals surface area contributed by atoms with Gasteiger partial charge >= 0.3 is 6.18 Å². The third-order valence-electron chi connectivity index (χ3n) is 7.48. The lowest BCUT2D eigenvalue weighted by Crippen LogP contribution is -2.50. The van der Waals surface area contributed by atoms with Crippen LogP contribution in [0.1, 0.15) is 59.1 Å². The first kappa shape index (κ1) is 22.2. The SMILES string of the molecule is O=C(c1ccc(C(O)C2CC2)cc1)N1CCC2(CC1)Oc1ccccc1-n1c(C(F)(F)F)ccc12. The van der Waals surface area contributed by atoms with Crippen LogP contribution in [0.2, 0.25) is 0 Å². The summed E-state index contributed by atoms with van der Waals surface area (Å²) in [5, 5.41) is 10.3. The Morgan fingerprint density at radius 2 is 1.69 bits per heavy atom. The van der Waals surface area contributed by atoms with Crippen molar-refractivity contribution in [2.24, 2.45) is 5.92 Å². The van der Waals surface area contributed by atoms with Crippen molar-refractivity contribution in [2.45, 2.75) is 43.6 Å². The molecule has 6 rings (SSSR count). The summed E-state index contributed by atoms with van der Waals surface area (Å²) in [7, 11) is 0. The number of rotatable bonds is 3. The molecule has 1 amide bonds. The van der Waals surface area contributed by atoms with Crippen molar-refractivity contribution in [3.63, 3.8) is 0 Å². The average molecular weight is 483 g/mol. The van der Waals surface area contributed by atoms with E-state index in [9.17, 15) is 23.1 Å². The number of likely N-dealkylation sites (tertiary alicyclic amines) is 1. The summed E-state index contributed by atoms with van der Waals surface area (Å²) >= 11 is 0. The number of hydrogen-bond acceptors (Lipinski definition) is 3. The molecule has 1 atom stereocenters. The van der Waals surface area contributed by atoms with Crippen molar-refractivity contribution in [3.8, 4) is 11.4 Å². The number of aromatic nitrogens is 1. The van der Waals surface area contributed by atoms with Crippen molar-refractivity contribution < 1.29 is 27.8 Å². The van der Waals surface area contributed by atoms with Crippen LogP contribution in [0.15, 0.2) is 60.7 Å². The molecule has 0 radical (unpaired) electrons. The van der Waals surface area contributed by atoms with Crippen LogP contribution in [0.25, 0.3) is 5.69 Å². The third-order valence-corrected chi connectivity index (χ3v) is 7.48. The van der Waals surface area contributed by atoms with E-state index in [2.05, 4.69) is 0 Å². The lowest BCUT2D eigenvalue weighted by molar-refractivity contribution is -0.143. The predicted octanol–water partition coefficient (Wildman–Crippen LogP) is 5.46. The van der Waals surface area contributed by atoms with Crippen molar-refractivity contribution in [1.82, 2.24) is 9.47 Å². The fraction of sp³-hybridized carbons (Fsp3) is 0.370. The number of carbonyl (C=O) groups excluding carboxylic acids is 1. The molecule has 3 aliphatic rings. The number of piperidine rings is 1. The Morgan fingerprint density at radius 3 is 2.34 bits per heavy atom. The van der Waals surface area contributed by atoms with Gasteiger partial charge in [0.1, 0.15) is 11.4 Å². The highest BCUT2D eigenvalue weighted by atomic mass is 19.4. The first-order valence-corrected chi connectivity index (χ1v) is 11.9. The van der Waals surface area contributed by atoms with Crippen molar-refractivity contribution in [3.05, 3.63) is 83.2 Å².